The van der Waals surface area contributed by atoms with E-state index in [9.17, 15) is 4.79 Å². The minimum atomic E-state index is -0.316. The highest BCUT2D eigenvalue weighted by Gasteiger charge is 2.39. The van der Waals surface area contributed by atoms with Crippen molar-refractivity contribution in [2.75, 3.05) is 0 Å². The maximum Gasteiger partial charge on any atom is 0.344 e. The summed E-state index contributed by atoms with van der Waals surface area (Å²) in [6.07, 6.45) is 0.562. The Morgan fingerprint density at radius 1 is 1.18 bits per heavy atom. The van der Waals surface area contributed by atoms with Crippen molar-refractivity contribution >= 4 is 11.9 Å². The van der Waals surface area contributed by atoms with Crippen LogP contribution >= 0.6 is 0 Å². The fraction of sp³-hybridized carbons (Fsp3) is 0.357. The van der Waals surface area contributed by atoms with Gasteiger partial charge in [-0.3, -0.25) is 0 Å². The highest BCUT2D eigenvalue weighted by Crippen LogP contribution is 2.33. The molecule has 89 valence electrons. The summed E-state index contributed by atoms with van der Waals surface area (Å²) < 4.78 is 5.18. The number of benzene rings is 1. The van der Waals surface area contributed by atoms with E-state index in [4.69, 9.17) is 4.74 Å². The van der Waals surface area contributed by atoms with Crippen LogP contribution in [-0.2, 0) is 16.0 Å². The molecule has 0 saturated carbocycles. The van der Waals surface area contributed by atoms with Crippen molar-refractivity contribution in [3.8, 4) is 0 Å². The molecular formula is C14H16NO2. The number of hydrogen-bond acceptors (Lipinski definition) is 3. The van der Waals surface area contributed by atoms with Gasteiger partial charge in [-0.15, -0.1) is 0 Å². The van der Waals surface area contributed by atoms with Crippen LogP contribution in [0.5, 0.6) is 0 Å². The van der Waals surface area contributed by atoms with Crippen LogP contribution < -0.4 is 0 Å². The molecule has 0 aromatic heterocycles. The zero-order valence-corrected chi connectivity index (χ0v) is 10.4. The predicted octanol–water partition coefficient (Wildman–Crippen LogP) is 2.76. The normalized spacial score (nSPS) is 16.9. The highest BCUT2D eigenvalue weighted by molar-refractivity contribution is 6.03. The van der Waals surface area contributed by atoms with E-state index in [1.807, 2.05) is 51.1 Å². The van der Waals surface area contributed by atoms with Crippen molar-refractivity contribution in [1.29, 1.82) is 0 Å². The van der Waals surface area contributed by atoms with Crippen LogP contribution in [0.4, 0.5) is 0 Å². The van der Waals surface area contributed by atoms with Crippen LogP contribution in [0, 0.1) is 11.5 Å². The van der Waals surface area contributed by atoms with Crippen molar-refractivity contribution < 1.29 is 9.53 Å². The summed E-state index contributed by atoms with van der Waals surface area (Å²) in [6, 6.07) is 10.4. The third-order valence-corrected chi connectivity index (χ3v) is 2.55. The lowest BCUT2D eigenvalue weighted by Gasteiger charge is -2.18. The summed E-state index contributed by atoms with van der Waals surface area (Å²) in [7, 11) is 0. The van der Waals surface area contributed by atoms with Crippen molar-refractivity contribution in [3.05, 3.63) is 41.9 Å². The second kappa shape index (κ2) is 4.32. The van der Waals surface area contributed by atoms with Gasteiger partial charge >= 0.3 is 5.97 Å². The number of carbonyl (C=O) groups is 1. The van der Waals surface area contributed by atoms with E-state index < -0.39 is 0 Å². The summed E-state index contributed by atoms with van der Waals surface area (Å²) in [5.74, 6) is 0.176. The SMILES string of the molecule is CC(C)(C)[C]1N=C(Cc2ccccc2)OC1=O. The molecule has 3 heteroatoms. The molecule has 1 radical (unpaired) electrons. The van der Waals surface area contributed by atoms with E-state index >= 15 is 0 Å². The molecule has 1 aromatic rings. The average molecular weight is 230 g/mol. The molecule has 0 aliphatic carbocycles. The molecule has 0 saturated heterocycles. The maximum absolute atomic E-state index is 11.6. The Kier molecular flexibility index (Phi) is 3.01. The molecule has 1 aromatic carbocycles. The van der Waals surface area contributed by atoms with Gasteiger partial charge in [0.2, 0.25) is 6.04 Å². The molecule has 0 amide bonds. The van der Waals surface area contributed by atoms with E-state index in [2.05, 4.69) is 4.99 Å². The number of ether oxygens (including phenoxy) is 1. The van der Waals surface area contributed by atoms with Gasteiger partial charge in [0, 0.05) is 11.8 Å². The van der Waals surface area contributed by atoms with Gasteiger partial charge in [-0.25, -0.2) is 9.79 Å². The van der Waals surface area contributed by atoms with Gasteiger partial charge in [0.25, 0.3) is 0 Å². The first kappa shape index (κ1) is 11.8. The second-order valence-electron chi connectivity index (χ2n) is 5.16. The van der Waals surface area contributed by atoms with Crippen molar-refractivity contribution in [2.24, 2.45) is 10.4 Å². The topological polar surface area (TPSA) is 38.7 Å². The largest absolute Gasteiger partial charge is 0.410 e. The van der Waals surface area contributed by atoms with Gasteiger partial charge in [0.15, 0.2) is 5.90 Å². The van der Waals surface area contributed by atoms with Crippen LogP contribution in [0.3, 0.4) is 0 Å². The Morgan fingerprint density at radius 2 is 1.82 bits per heavy atom. The molecule has 1 aliphatic heterocycles. The van der Waals surface area contributed by atoms with Gasteiger partial charge in [0.05, 0.1) is 0 Å². The Hall–Kier alpha value is -1.64. The number of nitrogens with zero attached hydrogens (tertiary/aromatic N) is 1. The van der Waals surface area contributed by atoms with Gasteiger partial charge in [-0.2, -0.15) is 0 Å². The van der Waals surface area contributed by atoms with Gasteiger partial charge in [-0.1, -0.05) is 51.1 Å². The Morgan fingerprint density at radius 3 is 2.35 bits per heavy atom. The summed E-state index contributed by atoms with van der Waals surface area (Å²) in [4.78, 5) is 15.9. The van der Waals surface area contributed by atoms with Crippen LogP contribution in [0.15, 0.2) is 35.3 Å². The Balaban J connectivity index is 2.12. The quantitative estimate of drug-likeness (QED) is 0.733. The Labute approximate surface area is 102 Å². The molecular weight excluding hydrogens is 214 g/mol. The number of esters is 1. The van der Waals surface area contributed by atoms with E-state index in [-0.39, 0.29) is 11.4 Å². The van der Waals surface area contributed by atoms with Crippen LogP contribution in [-0.4, -0.2) is 11.9 Å². The smallest absolute Gasteiger partial charge is 0.344 e. The number of aliphatic imine (C=N–C) groups is 1. The highest BCUT2D eigenvalue weighted by atomic mass is 16.6. The molecule has 0 fully saturated rings. The zero-order valence-electron chi connectivity index (χ0n) is 10.4. The molecule has 1 heterocycles. The lowest BCUT2D eigenvalue weighted by Crippen LogP contribution is -2.22. The molecule has 1 aliphatic rings. The van der Waals surface area contributed by atoms with Gasteiger partial charge in [0.1, 0.15) is 0 Å². The molecule has 3 nitrogen and oxygen atoms in total. The van der Waals surface area contributed by atoms with Crippen LogP contribution in [0.2, 0.25) is 0 Å². The first-order chi connectivity index (χ1) is 7.97. The van der Waals surface area contributed by atoms with E-state index in [0.717, 1.165) is 5.56 Å². The minimum Gasteiger partial charge on any atom is -0.410 e. The van der Waals surface area contributed by atoms with Crippen molar-refractivity contribution in [3.63, 3.8) is 0 Å². The minimum absolute atomic E-state index is 0.268. The number of cyclic esters (lactones) is 1. The average Bonchev–Trinajstić information content (AvgIpc) is 2.60. The fourth-order valence-electron chi connectivity index (χ4n) is 1.67. The molecule has 17 heavy (non-hydrogen) atoms. The third kappa shape index (κ3) is 2.73. The van der Waals surface area contributed by atoms with E-state index in [1.165, 1.54) is 0 Å². The van der Waals surface area contributed by atoms with Crippen molar-refractivity contribution in [1.82, 2.24) is 0 Å². The fourth-order valence-corrected chi connectivity index (χ4v) is 1.67. The molecule has 2 rings (SSSR count). The van der Waals surface area contributed by atoms with Crippen LogP contribution in [0.1, 0.15) is 26.3 Å². The molecule has 0 spiro atoms. The zero-order chi connectivity index (χ0) is 12.5. The lowest BCUT2D eigenvalue weighted by molar-refractivity contribution is -0.133. The Bertz CT molecular complexity index is 443. The first-order valence-corrected chi connectivity index (χ1v) is 5.68. The number of carbonyl (C=O) groups excluding carboxylic acids is 1. The predicted molar refractivity (Wildman–Crippen MR) is 66.4 cm³/mol. The van der Waals surface area contributed by atoms with Gasteiger partial charge in [-0.05, 0) is 5.56 Å². The molecule has 0 atom stereocenters. The summed E-state index contributed by atoms with van der Waals surface area (Å²) >= 11 is 0. The second-order valence-corrected chi connectivity index (χ2v) is 5.16. The summed E-state index contributed by atoms with van der Waals surface area (Å²) in [6.45, 7) is 5.87. The lowest BCUT2D eigenvalue weighted by atomic mass is 9.87. The standard InChI is InChI=1S/C14H16NO2/c1-14(2,3)12-13(16)17-11(15-12)9-10-7-5-4-6-8-10/h4-8H,9H2,1-3H3. The molecule has 0 unspecified atom stereocenters. The summed E-state index contributed by atoms with van der Waals surface area (Å²) in [5.41, 5.74) is 0.824. The number of hydrogen-bond donors (Lipinski definition) is 0. The van der Waals surface area contributed by atoms with Gasteiger partial charge < -0.3 is 4.74 Å². The first-order valence-electron chi connectivity index (χ1n) is 5.68. The molecule has 0 N–H and O–H groups in total. The van der Waals surface area contributed by atoms with Crippen molar-refractivity contribution in [2.45, 2.75) is 27.2 Å². The molecule has 0 bridgehead atoms. The number of rotatable bonds is 2. The maximum atomic E-state index is 11.6. The third-order valence-electron chi connectivity index (χ3n) is 2.55. The monoisotopic (exact) mass is 230 g/mol. The van der Waals surface area contributed by atoms with E-state index in [1.54, 1.807) is 0 Å². The van der Waals surface area contributed by atoms with Crippen LogP contribution in [0.25, 0.3) is 0 Å². The van der Waals surface area contributed by atoms with E-state index in [0.29, 0.717) is 18.4 Å². The summed E-state index contributed by atoms with van der Waals surface area (Å²) in [5, 5.41) is 0.